The molecule has 3 nitrogen and oxygen atoms in total. The molecule has 2 aromatic carbocycles. The van der Waals surface area contributed by atoms with Gasteiger partial charge in [0.05, 0.1) is 5.56 Å². The number of nitrogens with two attached hydrogens (primary N) is 1. The summed E-state index contributed by atoms with van der Waals surface area (Å²) in [6.07, 6.45) is 0. The molecule has 2 rings (SSSR count). The summed E-state index contributed by atoms with van der Waals surface area (Å²) in [6, 6.07) is 9.35. The highest BCUT2D eigenvalue weighted by atomic mass is 79.9. The largest absolute Gasteiger partial charge is 0.457 e. The molecular weight excluding hydrogens is 325 g/mol. The number of aryl methyl sites for hydroxylation is 1. The van der Waals surface area contributed by atoms with Crippen molar-refractivity contribution in [2.45, 2.75) is 13.5 Å². The van der Waals surface area contributed by atoms with Gasteiger partial charge in [0.1, 0.15) is 12.4 Å². The number of esters is 1. The molecule has 0 heterocycles. The van der Waals surface area contributed by atoms with Crippen LogP contribution >= 0.6 is 15.9 Å². The summed E-state index contributed by atoms with van der Waals surface area (Å²) in [6.45, 7) is 1.84. The number of carbonyl (C=O) groups is 1. The molecule has 20 heavy (non-hydrogen) atoms. The molecule has 0 atom stereocenters. The lowest BCUT2D eigenvalue weighted by molar-refractivity contribution is 0.0472. The zero-order chi connectivity index (χ0) is 14.7. The predicted molar refractivity (Wildman–Crippen MR) is 78.8 cm³/mol. The van der Waals surface area contributed by atoms with Crippen molar-refractivity contribution in [2.75, 3.05) is 5.73 Å². The fourth-order valence-corrected chi connectivity index (χ4v) is 2.08. The van der Waals surface area contributed by atoms with Crippen LogP contribution in [0.1, 0.15) is 21.5 Å². The second-order valence-electron chi connectivity index (χ2n) is 4.40. The van der Waals surface area contributed by atoms with Crippen LogP contribution in [0.5, 0.6) is 0 Å². The summed E-state index contributed by atoms with van der Waals surface area (Å²) in [5, 5.41) is 0. The smallest absolute Gasteiger partial charge is 0.340 e. The third-order valence-electron chi connectivity index (χ3n) is 2.80. The first-order valence-electron chi connectivity index (χ1n) is 5.94. The Kier molecular flexibility index (Phi) is 4.39. The average Bonchev–Trinajstić information content (AvgIpc) is 2.42. The maximum atomic E-state index is 13.1. The van der Waals surface area contributed by atoms with Crippen molar-refractivity contribution in [1.29, 1.82) is 0 Å². The number of rotatable bonds is 3. The number of nitrogen functional groups attached to an aromatic ring is 1. The summed E-state index contributed by atoms with van der Waals surface area (Å²) < 4.78 is 19.0. The predicted octanol–water partition coefficient (Wildman–Crippen LogP) is 3.84. The lowest BCUT2D eigenvalue weighted by atomic mass is 10.1. The molecule has 0 aliphatic heterocycles. The minimum Gasteiger partial charge on any atom is -0.457 e. The van der Waals surface area contributed by atoms with Crippen molar-refractivity contribution in [3.05, 3.63) is 63.4 Å². The quantitative estimate of drug-likeness (QED) is 0.683. The second-order valence-corrected chi connectivity index (χ2v) is 5.26. The lowest BCUT2D eigenvalue weighted by Crippen LogP contribution is -2.09. The average molecular weight is 338 g/mol. The number of hydrogen-bond acceptors (Lipinski definition) is 3. The van der Waals surface area contributed by atoms with Gasteiger partial charge in [-0.1, -0.05) is 27.6 Å². The van der Waals surface area contributed by atoms with Crippen LogP contribution in [0.25, 0.3) is 0 Å². The highest BCUT2D eigenvalue weighted by Crippen LogP contribution is 2.20. The summed E-state index contributed by atoms with van der Waals surface area (Å²) in [5.74, 6) is -0.906. The minimum atomic E-state index is -0.526. The lowest BCUT2D eigenvalue weighted by Gasteiger charge is -2.09. The van der Waals surface area contributed by atoms with Gasteiger partial charge < -0.3 is 10.5 Å². The molecule has 2 aromatic rings. The maximum Gasteiger partial charge on any atom is 0.340 e. The number of anilines is 1. The molecule has 0 spiro atoms. The Hall–Kier alpha value is -1.88. The van der Waals surface area contributed by atoms with E-state index in [1.807, 2.05) is 13.0 Å². The van der Waals surface area contributed by atoms with Gasteiger partial charge in [-0.2, -0.15) is 0 Å². The van der Waals surface area contributed by atoms with Crippen LogP contribution < -0.4 is 5.73 Å². The third kappa shape index (κ3) is 3.36. The van der Waals surface area contributed by atoms with Gasteiger partial charge in [-0.05, 0) is 37.3 Å². The van der Waals surface area contributed by atoms with E-state index in [-0.39, 0.29) is 12.4 Å². The van der Waals surface area contributed by atoms with Crippen molar-refractivity contribution < 1.29 is 13.9 Å². The summed E-state index contributed by atoms with van der Waals surface area (Å²) in [5.41, 5.74) is 7.90. The van der Waals surface area contributed by atoms with Crippen molar-refractivity contribution in [3.63, 3.8) is 0 Å². The second kappa shape index (κ2) is 6.05. The molecule has 0 fully saturated rings. The molecule has 5 heteroatoms. The van der Waals surface area contributed by atoms with Crippen LogP contribution in [-0.2, 0) is 11.3 Å². The SMILES string of the molecule is Cc1ccc(N)c(C(=O)OCc2cc(F)ccc2Br)c1. The van der Waals surface area contributed by atoms with Gasteiger partial charge in [0.2, 0.25) is 0 Å². The van der Waals surface area contributed by atoms with E-state index < -0.39 is 5.97 Å². The van der Waals surface area contributed by atoms with Crippen molar-refractivity contribution >= 4 is 27.6 Å². The molecule has 0 saturated carbocycles. The van der Waals surface area contributed by atoms with Crippen molar-refractivity contribution in [3.8, 4) is 0 Å². The maximum absolute atomic E-state index is 13.1. The van der Waals surface area contributed by atoms with Gasteiger partial charge in [0, 0.05) is 15.7 Å². The number of benzene rings is 2. The molecule has 0 radical (unpaired) electrons. The van der Waals surface area contributed by atoms with Gasteiger partial charge in [-0.3, -0.25) is 0 Å². The Bertz CT molecular complexity index is 658. The molecule has 0 aromatic heterocycles. The molecule has 0 aliphatic rings. The number of ether oxygens (including phenoxy) is 1. The Morgan fingerprint density at radius 3 is 2.80 bits per heavy atom. The van der Waals surface area contributed by atoms with Gasteiger partial charge in [0.25, 0.3) is 0 Å². The Morgan fingerprint density at radius 2 is 2.05 bits per heavy atom. The van der Waals surface area contributed by atoms with E-state index >= 15 is 0 Å². The fraction of sp³-hybridized carbons (Fsp3) is 0.133. The van der Waals surface area contributed by atoms with Crippen molar-refractivity contribution in [2.24, 2.45) is 0 Å². The van der Waals surface area contributed by atoms with Gasteiger partial charge in [-0.15, -0.1) is 0 Å². The first-order chi connectivity index (χ1) is 9.47. The van der Waals surface area contributed by atoms with E-state index in [0.29, 0.717) is 21.3 Å². The Balaban J connectivity index is 2.12. The van der Waals surface area contributed by atoms with E-state index in [0.717, 1.165) is 5.56 Å². The van der Waals surface area contributed by atoms with Crippen LogP contribution in [-0.4, -0.2) is 5.97 Å². The standard InChI is InChI=1S/C15H13BrFNO2/c1-9-2-5-14(18)12(6-9)15(19)20-8-10-7-11(17)3-4-13(10)16/h2-7H,8,18H2,1H3. The van der Waals surface area contributed by atoms with Crippen LogP contribution in [0.3, 0.4) is 0 Å². The van der Waals surface area contributed by atoms with Crippen LogP contribution in [0.2, 0.25) is 0 Å². The number of carbonyl (C=O) groups excluding carboxylic acids is 1. The van der Waals surface area contributed by atoms with Gasteiger partial charge >= 0.3 is 5.97 Å². The summed E-state index contributed by atoms with van der Waals surface area (Å²) >= 11 is 3.28. The topological polar surface area (TPSA) is 52.3 Å². The zero-order valence-electron chi connectivity index (χ0n) is 10.8. The molecule has 2 N–H and O–H groups in total. The monoisotopic (exact) mass is 337 g/mol. The van der Waals surface area contributed by atoms with E-state index in [1.165, 1.54) is 12.1 Å². The first kappa shape index (κ1) is 14.5. The van der Waals surface area contributed by atoms with E-state index in [9.17, 15) is 9.18 Å². The number of hydrogen-bond donors (Lipinski definition) is 1. The normalized spacial score (nSPS) is 10.3. The van der Waals surface area contributed by atoms with Gasteiger partial charge in [0.15, 0.2) is 0 Å². The van der Waals surface area contributed by atoms with E-state index in [1.54, 1.807) is 18.2 Å². The van der Waals surface area contributed by atoms with Gasteiger partial charge in [-0.25, -0.2) is 9.18 Å². The molecule has 0 saturated heterocycles. The molecule has 0 aliphatic carbocycles. The number of halogens is 2. The Labute approximate surface area is 124 Å². The summed E-state index contributed by atoms with van der Waals surface area (Å²) in [4.78, 5) is 12.0. The minimum absolute atomic E-state index is 0.0233. The Morgan fingerprint density at radius 1 is 1.30 bits per heavy atom. The van der Waals surface area contributed by atoms with Crippen LogP contribution in [0.15, 0.2) is 40.9 Å². The molecular formula is C15H13BrFNO2. The zero-order valence-corrected chi connectivity index (χ0v) is 12.4. The molecule has 0 unspecified atom stereocenters. The highest BCUT2D eigenvalue weighted by Gasteiger charge is 2.12. The van der Waals surface area contributed by atoms with Crippen LogP contribution in [0, 0.1) is 12.7 Å². The van der Waals surface area contributed by atoms with Crippen molar-refractivity contribution in [1.82, 2.24) is 0 Å². The van der Waals surface area contributed by atoms with E-state index in [4.69, 9.17) is 10.5 Å². The van der Waals surface area contributed by atoms with Crippen LogP contribution in [0.4, 0.5) is 10.1 Å². The molecule has 0 amide bonds. The third-order valence-corrected chi connectivity index (χ3v) is 3.57. The van der Waals surface area contributed by atoms with E-state index in [2.05, 4.69) is 15.9 Å². The molecule has 0 bridgehead atoms. The first-order valence-corrected chi connectivity index (χ1v) is 6.74. The summed E-state index contributed by atoms with van der Waals surface area (Å²) in [7, 11) is 0. The fourth-order valence-electron chi connectivity index (χ4n) is 1.72. The molecule has 104 valence electrons. The highest BCUT2D eigenvalue weighted by molar-refractivity contribution is 9.10.